The van der Waals surface area contributed by atoms with Crippen molar-refractivity contribution in [3.63, 3.8) is 0 Å². The number of hydrogen-bond acceptors (Lipinski definition) is 2. The summed E-state index contributed by atoms with van der Waals surface area (Å²) in [4.78, 5) is 0. The largest absolute Gasteiger partial charge is 0.389 e. The van der Waals surface area contributed by atoms with E-state index in [0.29, 0.717) is 6.54 Å². The normalized spacial score (nSPS) is 14.9. The summed E-state index contributed by atoms with van der Waals surface area (Å²) in [6.45, 7) is 7.11. The van der Waals surface area contributed by atoms with E-state index in [9.17, 15) is 9.50 Å². The Morgan fingerprint density at radius 2 is 2.12 bits per heavy atom. The predicted molar refractivity (Wildman–Crippen MR) is 68.4 cm³/mol. The molecule has 96 valence electrons. The van der Waals surface area contributed by atoms with Gasteiger partial charge in [-0.05, 0) is 43.5 Å². The molecule has 1 unspecified atom stereocenters. The zero-order chi connectivity index (χ0) is 12.9. The van der Waals surface area contributed by atoms with Crippen LogP contribution in [0.15, 0.2) is 24.3 Å². The van der Waals surface area contributed by atoms with Crippen molar-refractivity contribution in [3.8, 4) is 0 Å². The number of rotatable bonds is 6. The van der Waals surface area contributed by atoms with Crippen LogP contribution < -0.4 is 5.32 Å². The summed E-state index contributed by atoms with van der Waals surface area (Å²) in [7, 11) is 0. The highest BCUT2D eigenvalue weighted by Gasteiger charge is 2.23. The third kappa shape index (κ3) is 4.84. The molecular weight excluding hydrogens is 217 g/mol. The van der Waals surface area contributed by atoms with E-state index in [1.165, 1.54) is 6.07 Å². The van der Waals surface area contributed by atoms with Gasteiger partial charge in [0.25, 0.3) is 0 Å². The van der Waals surface area contributed by atoms with Gasteiger partial charge in [-0.15, -0.1) is 0 Å². The van der Waals surface area contributed by atoms with Gasteiger partial charge in [0.05, 0.1) is 5.60 Å². The van der Waals surface area contributed by atoms with Crippen LogP contribution in [0.2, 0.25) is 0 Å². The maximum atomic E-state index is 12.9. The van der Waals surface area contributed by atoms with Gasteiger partial charge in [0.15, 0.2) is 0 Å². The first kappa shape index (κ1) is 14.1. The third-order valence-electron chi connectivity index (χ3n) is 3.21. The molecule has 1 rings (SSSR count). The number of halogens is 1. The summed E-state index contributed by atoms with van der Waals surface area (Å²) < 4.78 is 12.9. The van der Waals surface area contributed by atoms with Crippen molar-refractivity contribution < 1.29 is 9.50 Å². The first-order chi connectivity index (χ1) is 7.92. The Bertz CT molecular complexity index is 350. The maximum absolute atomic E-state index is 12.9. The molecule has 0 radical (unpaired) electrons. The van der Waals surface area contributed by atoms with E-state index < -0.39 is 5.60 Å². The summed E-state index contributed by atoms with van der Waals surface area (Å²) in [6, 6.07) is 6.61. The average Bonchev–Trinajstić information content (AvgIpc) is 2.24. The molecule has 1 aromatic rings. The van der Waals surface area contributed by atoms with Gasteiger partial charge in [0.1, 0.15) is 5.82 Å². The molecule has 0 fully saturated rings. The second kappa shape index (κ2) is 6.12. The minimum Gasteiger partial charge on any atom is -0.389 e. The SMILES string of the molecule is CC(C)C(C)(O)CNCCc1cccc(F)c1. The standard InChI is InChI=1S/C14H22FNO/c1-11(2)14(3,17)10-16-8-7-12-5-4-6-13(15)9-12/h4-6,9,11,16-17H,7-8,10H2,1-3H3. The average molecular weight is 239 g/mol. The van der Waals surface area contributed by atoms with Gasteiger partial charge in [-0.25, -0.2) is 4.39 Å². The van der Waals surface area contributed by atoms with Gasteiger partial charge in [-0.1, -0.05) is 26.0 Å². The molecule has 0 spiro atoms. The maximum Gasteiger partial charge on any atom is 0.123 e. The Morgan fingerprint density at radius 3 is 2.71 bits per heavy atom. The molecule has 0 saturated carbocycles. The minimum atomic E-state index is -0.693. The highest BCUT2D eigenvalue weighted by molar-refractivity contribution is 5.16. The molecule has 0 aliphatic rings. The summed E-state index contributed by atoms with van der Waals surface area (Å²) in [5.41, 5.74) is 0.281. The molecule has 0 aromatic heterocycles. The van der Waals surface area contributed by atoms with Crippen LogP contribution in [-0.2, 0) is 6.42 Å². The Labute approximate surface area is 103 Å². The van der Waals surface area contributed by atoms with E-state index in [4.69, 9.17) is 0 Å². The molecule has 3 heteroatoms. The van der Waals surface area contributed by atoms with Crippen LogP contribution in [0.4, 0.5) is 4.39 Å². The van der Waals surface area contributed by atoms with Crippen molar-refractivity contribution in [2.24, 2.45) is 5.92 Å². The van der Waals surface area contributed by atoms with Crippen molar-refractivity contribution in [1.29, 1.82) is 0 Å². The number of nitrogens with one attached hydrogen (secondary N) is 1. The molecule has 2 nitrogen and oxygen atoms in total. The molecule has 0 saturated heterocycles. The Kier molecular flexibility index (Phi) is 5.09. The summed E-state index contributed by atoms with van der Waals surface area (Å²) in [5, 5.41) is 13.2. The van der Waals surface area contributed by atoms with Crippen LogP contribution in [0.1, 0.15) is 26.3 Å². The molecule has 1 atom stereocenters. The fourth-order valence-corrected chi connectivity index (χ4v) is 1.47. The first-order valence-electron chi connectivity index (χ1n) is 6.09. The fourth-order valence-electron chi connectivity index (χ4n) is 1.47. The summed E-state index contributed by atoms with van der Waals surface area (Å²) in [5.74, 6) is 0.0147. The van der Waals surface area contributed by atoms with Crippen LogP contribution >= 0.6 is 0 Å². The fraction of sp³-hybridized carbons (Fsp3) is 0.571. The molecule has 0 amide bonds. The lowest BCUT2D eigenvalue weighted by Gasteiger charge is -2.28. The highest BCUT2D eigenvalue weighted by Crippen LogP contribution is 2.14. The predicted octanol–water partition coefficient (Wildman–Crippen LogP) is 2.36. The summed E-state index contributed by atoms with van der Waals surface area (Å²) >= 11 is 0. The van der Waals surface area contributed by atoms with Crippen molar-refractivity contribution in [1.82, 2.24) is 5.32 Å². The van der Waals surface area contributed by atoms with Crippen LogP contribution in [0.25, 0.3) is 0 Å². The second-order valence-electron chi connectivity index (χ2n) is 5.07. The van der Waals surface area contributed by atoms with Crippen molar-refractivity contribution in [2.75, 3.05) is 13.1 Å². The van der Waals surface area contributed by atoms with Crippen molar-refractivity contribution in [2.45, 2.75) is 32.8 Å². The lowest BCUT2D eigenvalue weighted by Crippen LogP contribution is -2.42. The van der Waals surface area contributed by atoms with E-state index in [1.807, 2.05) is 26.8 Å². The van der Waals surface area contributed by atoms with Gasteiger partial charge < -0.3 is 10.4 Å². The molecule has 0 aliphatic carbocycles. The number of benzene rings is 1. The second-order valence-corrected chi connectivity index (χ2v) is 5.07. The van der Waals surface area contributed by atoms with E-state index in [1.54, 1.807) is 12.1 Å². The Hall–Kier alpha value is -0.930. The van der Waals surface area contributed by atoms with Crippen LogP contribution in [0.5, 0.6) is 0 Å². The van der Waals surface area contributed by atoms with Crippen molar-refractivity contribution >= 4 is 0 Å². The smallest absolute Gasteiger partial charge is 0.123 e. The van der Waals surface area contributed by atoms with E-state index >= 15 is 0 Å². The molecular formula is C14H22FNO. The Balaban J connectivity index is 2.29. The van der Waals surface area contributed by atoms with Crippen molar-refractivity contribution in [3.05, 3.63) is 35.6 Å². The molecule has 0 heterocycles. The van der Waals surface area contributed by atoms with Gasteiger partial charge >= 0.3 is 0 Å². The third-order valence-corrected chi connectivity index (χ3v) is 3.21. The topological polar surface area (TPSA) is 32.3 Å². The lowest BCUT2D eigenvalue weighted by atomic mass is 9.92. The van der Waals surface area contributed by atoms with E-state index in [2.05, 4.69) is 5.32 Å². The van der Waals surface area contributed by atoms with E-state index in [0.717, 1.165) is 18.5 Å². The van der Waals surface area contributed by atoms with Gasteiger partial charge in [-0.2, -0.15) is 0 Å². The quantitative estimate of drug-likeness (QED) is 0.747. The highest BCUT2D eigenvalue weighted by atomic mass is 19.1. The number of aliphatic hydroxyl groups is 1. The molecule has 0 bridgehead atoms. The van der Waals surface area contributed by atoms with Crippen LogP contribution in [0.3, 0.4) is 0 Å². The van der Waals surface area contributed by atoms with Crippen LogP contribution in [-0.4, -0.2) is 23.8 Å². The Morgan fingerprint density at radius 1 is 1.41 bits per heavy atom. The zero-order valence-electron chi connectivity index (χ0n) is 10.8. The molecule has 0 aliphatic heterocycles. The van der Waals surface area contributed by atoms with Gasteiger partial charge in [-0.3, -0.25) is 0 Å². The minimum absolute atomic E-state index is 0.198. The first-order valence-corrected chi connectivity index (χ1v) is 6.09. The van der Waals surface area contributed by atoms with Gasteiger partial charge in [0, 0.05) is 6.54 Å². The zero-order valence-corrected chi connectivity index (χ0v) is 10.8. The van der Waals surface area contributed by atoms with Crippen LogP contribution in [0, 0.1) is 11.7 Å². The number of hydrogen-bond donors (Lipinski definition) is 2. The summed E-state index contributed by atoms with van der Waals surface area (Å²) in [6.07, 6.45) is 0.770. The lowest BCUT2D eigenvalue weighted by molar-refractivity contribution is 0.0145. The molecule has 17 heavy (non-hydrogen) atoms. The molecule has 1 aromatic carbocycles. The van der Waals surface area contributed by atoms with Gasteiger partial charge in [0.2, 0.25) is 0 Å². The van der Waals surface area contributed by atoms with E-state index in [-0.39, 0.29) is 11.7 Å². The molecule has 2 N–H and O–H groups in total. The monoisotopic (exact) mass is 239 g/mol.